The number of aromatic nitrogens is 2. The first-order valence-electron chi connectivity index (χ1n) is 5.68. The van der Waals surface area contributed by atoms with Crippen molar-refractivity contribution in [3.63, 3.8) is 0 Å². The van der Waals surface area contributed by atoms with Crippen LogP contribution in [0.5, 0.6) is 0 Å². The summed E-state index contributed by atoms with van der Waals surface area (Å²) in [7, 11) is 0. The molecule has 0 amide bonds. The Morgan fingerprint density at radius 3 is 2.94 bits per heavy atom. The van der Waals surface area contributed by atoms with E-state index >= 15 is 0 Å². The van der Waals surface area contributed by atoms with Crippen LogP contribution in [0.3, 0.4) is 0 Å². The number of nitrogens with one attached hydrogen (secondary N) is 2. The fourth-order valence-corrected chi connectivity index (χ4v) is 3.28. The monoisotopic (exact) mass is 313 g/mol. The molecular formula is C12H16BrN3S. The molecule has 17 heavy (non-hydrogen) atoms. The average Bonchev–Trinajstić information content (AvgIpc) is 2.92. The molecule has 0 radical (unpaired) electrons. The maximum atomic E-state index is 4.30. The zero-order valence-electron chi connectivity index (χ0n) is 9.96. The third-order valence-corrected chi connectivity index (χ3v) is 4.83. The molecule has 0 fully saturated rings. The molecular weight excluding hydrogens is 298 g/mol. The van der Waals surface area contributed by atoms with Crippen molar-refractivity contribution in [1.29, 1.82) is 0 Å². The molecule has 0 aromatic carbocycles. The van der Waals surface area contributed by atoms with Crippen LogP contribution in [0, 0.1) is 6.92 Å². The van der Waals surface area contributed by atoms with Gasteiger partial charge in [-0.05, 0) is 35.3 Å². The highest BCUT2D eigenvalue weighted by Gasteiger charge is 2.11. The SMILES string of the molecule is CCC(NCc1cc(Br)c(C)s1)c1ncc[nH]1. The van der Waals surface area contributed by atoms with E-state index in [1.165, 1.54) is 14.2 Å². The number of imidazole rings is 1. The van der Waals surface area contributed by atoms with Crippen molar-refractivity contribution in [2.75, 3.05) is 0 Å². The third-order valence-electron chi connectivity index (χ3n) is 2.69. The Morgan fingerprint density at radius 2 is 2.41 bits per heavy atom. The molecule has 0 aliphatic heterocycles. The Hall–Kier alpha value is -0.650. The summed E-state index contributed by atoms with van der Waals surface area (Å²) in [6.07, 6.45) is 4.69. The standard InChI is InChI=1S/C12H16BrN3S/c1-3-11(12-14-4-5-15-12)16-7-9-6-10(13)8(2)17-9/h4-6,11,16H,3,7H2,1-2H3,(H,14,15). The predicted octanol–water partition coefficient (Wildman–Crippen LogP) is 3.78. The van der Waals surface area contributed by atoms with E-state index in [1.807, 2.05) is 17.5 Å². The number of hydrogen-bond donors (Lipinski definition) is 2. The highest BCUT2D eigenvalue weighted by atomic mass is 79.9. The van der Waals surface area contributed by atoms with E-state index in [-0.39, 0.29) is 0 Å². The van der Waals surface area contributed by atoms with Gasteiger partial charge < -0.3 is 10.3 Å². The van der Waals surface area contributed by atoms with Crippen molar-refractivity contribution in [1.82, 2.24) is 15.3 Å². The summed E-state index contributed by atoms with van der Waals surface area (Å²) in [5.74, 6) is 1.01. The van der Waals surface area contributed by atoms with Crippen molar-refractivity contribution < 1.29 is 0 Å². The van der Waals surface area contributed by atoms with Gasteiger partial charge in [0.25, 0.3) is 0 Å². The molecule has 5 heteroatoms. The Balaban J connectivity index is 1.97. The lowest BCUT2D eigenvalue weighted by Gasteiger charge is -2.13. The Kier molecular flexibility index (Phi) is 4.36. The molecule has 2 heterocycles. The summed E-state index contributed by atoms with van der Waals surface area (Å²) < 4.78 is 1.20. The zero-order valence-corrected chi connectivity index (χ0v) is 12.4. The van der Waals surface area contributed by atoms with E-state index in [0.29, 0.717) is 6.04 Å². The van der Waals surface area contributed by atoms with Gasteiger partial charge >= 0.3 is 0 Å². The quantitative estimate of drug-likeness (QED) is 0.882. The van der Waals surface area contributed by atoms with E-state index in [9.17, 15) is 0 Å². The predicted molar refractivity (Wildman–Crippen MR) is 75.2 cm³/mol. The summed E-state index contributed by atoms with van der Waals surface area (Å²) in [5.41, 5.74) is 0. The van der Waals surface area contributed by atoms with Crippen LogP contribution in [0.1, 0.15) is 35.0 Å². The average molecular weight is 314 g/mol. The zero-order chi connectivity index (χ0) is 12.3. The van der Waals surface area contributed by atoms with Crippen LogP contribution in [0.4, 0.5) is 0 Å². The third kappa shape index (κ3) is 3.18. The van der Waals surface area contributed by atoms with Gasteiger partial charge in [-0.25, -0.2) is 4.98 Å². The second kappa shape index (κ2) is 5.80. The van der Waals surface area contributed by atoms with E-state index in [0.717, 1.165) is 18.8 Å². The van der Waals surface area contributed by atoms with Crippen LogP contribution in [-0.4, -0.2) is 9.97 Å². The molecule has 0 aliphatic rings. The molecule has 0 bridgehead atoms. The van der Waals surface area contributed by atoms with Crippen molar-refractivity contribution in [3.05, 3.63) is 38.5 Å². The van der Waals surface area contributed by atoms with Crippen LogP contribution >= 0.6 is 27.3 Å². The lowest BCUT2D eigenvalue weighted by molar-refractivity contribution is 0.500. The largest absolute Gasteiger partial charge is 0.347 e. The fourth-order valence-electron chi connectivity index (χ4n) is 1.73. The minimum atomic E-state index is 0.297. The first-order chi connectivity index (χ1) is 8.20. The summed E-state index contributed by atoms with van der Waals surface area (Å²) in [6.45, 7) is 5.17. The van der Waals surface area contributed by atoms with Gasteiger partial charge in [0, 0.05) is 33.2 Å². The summed E-state index contributed by atoms with van der Waals surface area (Å²) in [4.78, 5) is 10.1. The molecule has 2 N–H and O–H groups in total. The Morgan fingerprint density at radius 1 is 1.59 bits per heavy atom. The highest BCUT2D eigenvalue weighted by Crippen LogP contribution is 2.26. The molecule has 0 saturated carbocycles. The summed E-state index contributed by atoms with van der Waals surface area (Å²) >= 11 is 5.37. The first-order valence-corrected chi connectivity index (χ1v) is 7.29. The van der Waals surface area contributed by atoms with E-state index in [4.69, 9.17) is 0 Å². The van der Waals surface area contributed by atoms with Crippen molar-refractivity contribution in [3.8, 4) is 0 Å². The van der Waals surface area contributed by atoms with E-state index in [1.54, 1.807) is 6.20 Å². The molecule has 0 spiro atoms. The lowest BCUT2D eigenvalue weighted by Crippen LogP contribution is -2.20. The normalized spacial score (nSPS) is 12.9. The maximum absolute atomic E-state index is 4.30. The maximum Gasteiger partial charge on any atom is 0.123 e. The lowest BCUT2D eigenvalue weighted by atomic mass is 10.2. The second-order valence-electron chi connectivity index (χ2n) is 3.93. The number of aromatic amines is 1. The van der Waals surface area contributed by atoms with Gasteiger partial charge in [-0.15, -0.1) is 11.3 Å². The van der Waals surface area contributed by atoms with Gasteiger partial charge in [-0.1, -0.05) is 6.92 Å². The van der Waals surface area contributed by atoms with E-state index in [2.05, 4.69) is 51.1 Å². The van der Waals surface area contributed by atoms with Crippen LogP contribution in [-0.2, 0) is 6.54 Å². The van der Waals surface area contributed by atoms with Gasteiger partial charge in [-0.2, -0.15) is 0 Å². The van der Waals surface area contributed by atoms with Gasteiger partial charge in [0.1, 0.15) is 5.82 Å². The minimum absolute atomic E-state index is 0.297. The number of rotatable bonds is 5. The minimum Gasteiger partial charge on any atom is -0.347 e. The number of H-pyrrole nitrogens is 1. The van der Waals surface area contributed by atoms with Crippen molar-refractivity contribution >= 4 is 27.3 Å². The molecule has 2 aromatic heterocycles. The van der Waals surface area contributed by atoms with Crippen molar-refractivity contribution in [2.24, 2.45) is 0 Å². The summed E-state index contributed by atoms with van der Waals surface area (Å²) in [6, 6.07) is 2.48. The molecule has 0 aliphatic carbocycles. The van der Waals surface area contributed by atoms with Gasteiger partial charge in [0.05, 0.1) is 6.04 Å². The number of nitrogens with zero attached hydrogens (tertiary/aromatic N) is 1. The van der Waals surface area contributed by atoms with Gasteiger partial charge in [-0.3, -0.25) is 0 Å². The van der Waals surface area contributed by atoms with Crippen LogP contribution < -0.4 is 5.32 Å². The van der Waals surface area contributed by atoms with Gasteiger partial charge in [0.15, 0.2) is 0 Å². The molecule has 2 aromatic rings. The van der Waals surface area contributed by atoms with Crippen LogP contribution in [0.25, 0.3) is 0 Å². The summed E-state index contributed by atoms with van der Waals surface area (Å²) in [5, 5.41) is 3.52. The van der Waals surface area contributed by atoms with Crippen LogP contribution in [0.15, 0.2) is 22.9 Å². The van der Waals surface area contributed by atoms with Crippen molar-refractivity contribution in [2.45, 2.75) is 32.9 Å². The number of hydrogen-bond acceptors (Lipinski definition) is 3. The molecule has 1 unspecified atom stereocenters. The highest BCUT2D eigenvalue weighted by molar-refractivity contribution is 9.10. The number of thiophene rings is 1. The molecule has 92 valence electrons. The Labute approximate surface area is 114 Å². The molecule has 1 atom stereocenters. The smallest absolute Gasteiger partial charge is 0.123 e. The molecule has 3 nitrogen and oxygen atoms in total. The number of aryl methyl sites for hydroxylation is 1. The Bertz CT molecular complexity index is 445. The first kappa shape index (κ1) is 12.8. The number of halogens is 1. The molecule has 0 saturated heterocycles. The van der Waals surface area contributed by atoms with Gasteiger partial charge in [0.2, 0.25) is 0 Å². The topological polar surface area (TPSA) is 40.7 Å². The second-order valence-corrected chi connectivity index (χ2v) is 6.13. The molecule has 2 rings (SSSR count). The van der Waals surface area contributed by atoms with Crippen LogP contribution in [0.2, 0.25) is 0 Å². The fraction of sp³-hybridized carbons (Fsp3) is 0.417. The van der Waals surface area contributed by atoms with E-state index < -0.39 is 0 Å².